The normalized spacial score (nSPS) is 11.8. The summed E-state index contributed by atoms with van der Waals surface area (Å²) in [6.07, 6.45) is -3.68. The summed E-state index contributed by atoms with van der Waals surface area (Å²) in [4.78, 5) is 5.36. The molecule has 0 unspecified atom stereocenters. The lowest BCUT2D eigenvalue weighted by Gasteiger charge is -2.05. The van der Waals surface area contributed by atoms with E-state index in [-0.39, 0.29) is 6.61 Å². The lowest BCUT2D eigenvalue weighted by molar-refractivity contribution is -0.176. The van der Waals surface area contributed by atoms with Gasteiger partial charge in [0.25, 0.3) is 0 Å². The standard InChI is InChI=1S/C14H15F3N2OS/c15-14(16,17)9-20-8-12-19-13(11(21-12)6-7-18)10-4-2-1-3-5-10/h1-5H,6-9,18H2. The van der Waals surface area contributed by atoms with Crippen molar-refractivity contribution >= 4 is 11.3 Å². The van der Waals surface area contributed by atoms with Crippen LogP contribution >= 0.6 is 11.3 Å². The van der Waals surface area contributed by atoms with E-state index in [0.717, 1.165) is 16.1 Å². The zero-order valence-corrected chi connectivity index (χ0v) is 12.0. The van der Waals surface area contributed by atoms with E-state index in [1.165, 1.54) is 11.3 Å². The number of thiazole rings is 1. The molecule has 2 rings (SSSR count). The SMILES string of the molecule is NCCc1sc(COCC(F)(F)F)nc1-c1ccccc1. The molecule has 3 nitrogen and oxygen atoms in total. The molecule has 114 valence electrons. The summed E-state index contributed by atoms with van der Waals surface area (Å²) in [6, 6.07) is 9.50. The Kier molecular flexibility index (Phi) is 5.33. The van der Waals surface area contributed by atoms with Crippen LogP contribution in [0.1, 0.15) is 9.88 Å². The summed E-state index contributed by atoms with van der Waals surface area (Å²) < 4.78 is 40.9. The van der Waals surface area contributed by atoms with Gasteiger partial charge in [-0.25, -0.2) is 4.98 Å². The predicted molar refractivity (Wildman–Crippen MR) is 76.0 cm³/mol. The molecular weight excluding hydrogens is 301 g/mol. The van der Waals surface area contributed by atoms with Crippen molar-refractivity contribution in [2.45, 2.75) is 19.2 Å². The van der Waals surface area contributed by atoms with Gasteiger partial charge >= 0.3 is 6.18 Å². The fourth-order valence-corrected chi connectivity index (χ4v) is 2.88. The highest BCUT2D eigenvalue weighted by Gasteiger charge is 2.27. The molecule has 0 aliphatic carbocycles. The van der Waals surface area contributed by atoms with Gasteiger partial charge in [-0.1, -0.05) is 30.3 Å². The summed E-state index contributed by atoms with van der Waals surface area (Å²) in [5.41, 5.74) is 7.28. The minimum absolute atomic E-state index is 0.144. The van der Waals surface area contributed by atoms with Gasteiger partial charge in [-0.3, -0.25) is 0 Å². The van der Waals surface area contributed by atoms with Crippen molar-refractivity contribution in [3.05, 3.63) is 40.2 Å². The monoisotopic (exact) mass is 316 g/mol. The first-order valence-electron chi connectivity index (χ1n) is 6.38. The Morgan fingerprint density at radius 1 is 1.19 bits per heavy atom. The second-order valence-corrected chi connectivity index (χ2v) is 5.56. The van der Waals surface area contributed by atoms with Gasteiger partial charge in [-0.05, 0) is 13.0 Å². The third kappa shape index (κ3) is 4.80. The number of hydrogen-bond acceptors (Lipinski definition) is 4. The van der Waals surface area contributed by atoms with Gasteiger partial charge < -0.3 is 10.5 Å². The van der Waals surface area contributed by atoms with Crippen LogP contribution in [0.15, 0.2) is 30.3 Å². The number of rotatable bonds is 6. The average Bonchev–Trinajstić information content (AvgIpc) is 2.82. The molecular formula is C14H15F3N2OS. The van der Waals surface area contributed by atoms with Crippen LogP contribution in [-0.2, 0) is 17.8 Å². The first-order chi connectivity index (χ1) is 9.99. The maximum absolute atomic E-state index is 12.1. The van der Waals surface area contributed by atoms with Crippen LogP contribution in [-0.4, -0.2) is 24.3 Å². The second-order valence-electron chi connectivity index (χ2n) is 4.39. The van der Waals surface area contributed by atoms with E-state index in [1.807, 2.05) is 30.3 Å². The Morgan fingerprint density at radius 2 is 1.90 bits per heavy atom. The van der Waals surface area contributed by atoms with Crippen molar-refractivity contribution in [2.75, 3.05) is 13.2 Å². The van der Waals surface area contributed by atoms with Gasteiger partial charge in [-0.2, -0.15) is 13.2 Å². The summed E-state index contributed by atoms with van der Waals surface area (Å²) in [5.74, 6) is 0. The number of ether oxygens (including phenoxy) is 1. The molecule has 0 fully saturated rings. The van der Waals surface area contributed by atoms with Gasteiger partial charge in [0.2, 0.25) is 0 Å². The van der Waals surface area contributed by atoms with Gasteiger partial charge in [0, 0.05) is 10.4 Å². The lowest BCUT2D eigenvalue weighted by atomic mass is 10.1. The average molecular weight is 316 g/mol. The Hall–Kier alpha value is -1.44. The van der Waals surface area contributed by atoms with Crippen LogP contribution in [0.2, 0.25) is 0 Å². The summed E-state index contributed by atoms with van der Waals surface area (Å²) in [7, 11) is 0. The number of halogens is 3. The van der Waals surface area contributed by atoms with Crippen LogP contribution in [0, 0.1) is 0 Å². The molecule has 0 saturated carbocycles. The van der Waals surface area contributed by atoms with Gasteiger partial charge in [-0.15, -0.1) is 11.3 Å². The van der Waals surface area contributed by atoms with Crippen molar-refractivity contribution in [1.29, 1.82) is 0 Å². The van der Waals surface area contributed by atoms with Crippen LogP contribution in [0.25, 0.3) is 11.3 Å². The first kappa shape index (κ1) is 15.9. The fourth-order valence-electron chi connectivity index (χ4n) is 1.84. The fraction of sp³-hybridized carbons (Fsp3) is 0.357. The number of hydrogen-bond donors (Lipinski definition) is 1. The number of benzene rings is 1. The smallest absolute Gasteiger partial charge is 0.365 e. The third-order valence-electron chi connectivity index (χ3n) is 2.65. The van der Waals surface area contributed by atoms with Gasteiger partial charge in [0.1, 0.15) is 11.6 Å². The molecule has 0 aliphatic heterocycles. The zero-order valence-electron chi connectivity index (χ0n) is 11.2. The van der Waals surface area contributed by atoms with Gasteiger partial charge in [0.05, 0.1) is 12.3 Å². The molecule has 0 aliphatic rings. The molecule has 2 aromatic rings. The van der Waals surface area contributed by atoms with E-state index in [4.69, 9.17) is 5.73 Å². The Morgan fingerprint density at radius 3 is 2.52 bits per heavy atom. The second kappa shape index (κ2) is 7.02. The minimum Gasteiger partial charge on any atom is -0.365 e. The molecule has 1 heterocycles. The Bertz CT molecular complexity index is 569. The van der Waals surface area contributed by atoms with E-state index < -0.39 is 12.8 Å². The minimum atomic E-state index is -4.32. The number of aromatic nitrogens is 1. The number of nitrogens with two attached hydrogens (primary N) is 1. The highest BCUT2D eigenvalue weighted by molar-refractivity contribution is 7.12. The molecule has 0 radical (unpaired) electrons. The van der Waals surface area contributed by atoms with Crippen LogP contribution < -0.4 is 5.73 Å². The summed E-state index contributed by atoms with van der Waals surface area (Å²) >= 11 is 1.35. The number of alkyl halides is 3. The van der Waals surface area contributed by atoms with Crippen LogP contribution in [0.4, 0.5) is 13.2 Å². The predicted octanol–water partition coefficient (Wildman–Crippen LogP) is 3.39. The van der Waals surface area contributed by atoms with Crippen LogP contribution in [0.3, 0.4) is 0 Å². The molecule has 1 aromatic heterocycles. The Balaban J connectivity index is 2.14. The van der Waals surface area contributed by atoms with Crippen molar-refractivity contribution in [3.8, 4) is 11.3 Å². The first-order valence-corrected chi connectivity index (χ1v) is 7.20. The van der Waals surface area contributed by atoms with Crippen molar-refractivity contribution in [1.82, 2.24) is 4.98 Å². The molecule has 0 spiro atoms. The van der Waals surface area contributed by atoms with E-state index in [9.17, 15) is 13.2 Å². The third-order valence-corrected chi connectivity index (χ3v) is 3.74. The topological polar surface area (TPSA) is 48.1 Å². The summed E-state index contributed by atoms with van der Waals surface area (Å²) in [6.45, 7) is -0.946. The lowest BCUT2D eigenvalue weighted by Crippen LogP contribution is -2.16. The van der Waals surface area contributed by atoms with Crippen molar-refractivity contribution in [2.24, 2.45) is 5.73 Å². The number of nitrogens with zero attached hydrogens (tertiary/aromatic N) is 1. The van der Waals surface area contributed by atoms with Crippen LogP contribution in [0.5, 0.6) is 0 Å². The van der Waals surface area contributed by atoms with Gasteiger partial charge in [0.15, 0.2) is 0 Å². The molecule has 0 atom stereocenters. The van der Waals surface area contributed by atoms with E-state index in [2.05, 4.69) is 9.72 Å². The largest absolute Gasteiger partial charge is 0.411 e. The maximum Gasteiger partial charge on any atom is 0.411 e. The highest BCUT2D eigenvalue weighted by Crippen LogP contribution is 2.29. The summed E-state index contributed by atoms with van der Waals surface area (Å²) in [5, 5.41) is 0.529. The van der Waals surface area contributed by atoms with Crippen molar-refractivity contribution in [3.63, 3.8) is 0 Å². The quantitative estimate of drug-likeness (QED) is 0.888. The molecule has 7 heteroatoms. The van der Waals surface area contributed by atoms with E-state index in [1.54, 1.807) is 0 Å². The zero-order chi connectivity index (χ0) is 15.3. The molecule has 0 bridgehead atoms. The molecule has 1 aromatic carbocycles. The van der Waals surface area contributed by atoms with E-state index in [0.29, 0.717) is 18.0 Å². The Labute approximate surface area is 124 Å². The maximum atomic E-state index is 12.1. The highest BCUT2D eigenvalue weighted by atomic mass is 32.1. The molecule has 2 N–H and O–H groups in total. The molecule has 21 heavy (non-hydrogen) atoms. The van der Waals surface area contributed by atoms with E-state index >= 15 is 0 Å². The molecule has 0 saturated heterocycles. The molecule has 0 amide bonds. The van der Waals surface area contributed by atoms with Crippen molar-refractivity contribution < 1.29 is 17.9 Å².